The number of esters is 2. The molecule has 0 aliphatic carbocycles. The number of rotatable bonds is 10. The molecule has 0 amide bonds. The van der Waals surface area contributed by atoms with Crippen molar-refractivity contribution in [2.45, 2.75) is 39.0 Å². The zero-order valence-corrected chi connectivity index (χ0v) is 16.1. The lowest BCUT2D eigenvalue weighted by Gasteiger charge is -2.20. The molecule has 1 N–H and O–H groups in total. The Morgan fingerprint density at radius 1 is 0.893 bits per heavy atom. The van der Waals surface area contributed by atoms with E-state index in [9.17, 15) is 14.4 Å². The topological polar surface area (TPSA) is 81.7 Å². The second-order valence-corrected chi connectivity index (χ2v) is 6.28. The lowest BCUT2D eigenvalue weighted by molar-refractivity contribution is -0.149. The number of ketones is 1. The zero-order valence-electron chi connectivity index (χ0n) is 16.1. The second-order valence-electron chi connectivity index (χ2n) is 6.28. The highest BCUT2D eigenvalue weighted by Crippen LogP contribution is 2.09. The second kappa shape index (κ2) is 11.0. The maximum Gasteiger partial charge on any atom is 0.323 e. The summed E-state index contributed by atoms with van der Waals surface area (Å²) < 4.78 is 10.3. The van der Waals surface area contributed by atoms with Crippen LogP contribution in [0.2, 0.25) is 0 Å². The Hall–Kier alpha value is -2.99. The quantitative estimate of drug-likeness (QED) is 0.502. The number of nitrogens with one attached hydrogen (secondary N) is 1. The van der Waals surface area contributed by atoms with Crippen LogP contribution in [0.15, 0.2) is 60.7 Å². The molecule has 0 spiro atoms. The zero-order chi connectivity index (χ0) is 20.4. The maximum atomic E-state index is 12.5. The number of hydrogen-bond acceptors (Lipinski definition) is 6. The van der Waals surface area contributed by atoms with E-state index in [1.807, 2.05) is 36.4 Å². The van der Waals surface area contributed by atoms with Gasteiger partial charge in [-0.1, -0.05) is 60.7 Å². The predicted molar refractivity (Wildman–Crippen MR) is 105 cm³/mol. The Labute approximate surface area is 164 Å². The summed E-state index contributed by atoms with van der Waals surface area (Å²) in [6.07, 6.45) is -0.112. The minimum Gasteiger partial charge on any atom is -0.465 e. The van der Waals surface area contributed by atoms with Crippen molar-refractivity contribution in [3.8, 4) is 0 Å². The van der Waals surface area contributed by atoms with E-state index in [1.165, 1.54) is 0 Å². The molecule has 0 aliphatic rings. The first-order chi connectivity index (χ1) is 13.5. The molecule has 0 radical (unpaired) electrons. The maximum absolute atomic E-state index is 12.5. The number of benzene rings is 2. The molecule has 0 aliphatic heterocycles. The van der Waals surface area contributed by atoms with Crippen LogP contribution in [-0.4, -0.2) is 36.4 Å². The van der Waals surface area contributed by atoms with Gasteiger partial charge in [0.25, 0.3) is 0 Å². The van der Waals surface area contributed by atoms with Crippen LogP contribution in [0.5, 0.6) is 0 Å². The lowest BCUT2D eigenvalue weighted by Crippen LogP contribution is -2.47. The van der Waals surface area contributed by atoms with Crippen molar-refractivity contribution in [1.29, 1.82) is 0 Å². The van der Waals surface area contributed by atoms with Crippen LogP contribution < -0.4 is 5.32 Å². The van der Waals surface area contributed by atoms with Crippen LogP contribution in [0.3, 0.4) is 0 Å². The normalized spacial score (nSPS) is 12.6. The van der Waals surface area contributed by atoms with E-state index in [-0.39, 0.29) is 25.4 Å². The van der Waals surface area contributed by atoms with Crippen molar-refractivity contribution in [1.82, 2.24) is 5.32 Å². The van der Waals surface area contributed by atoms with E-state index >= 15 is 0 Å². The molecule has 2 aromatic rings. The smallest absolute Gasteiger partial charge is 0.323 e. The first kappa shape index (κ1) is 21.3. The van der Waals surface area contributed by atoms with Gasteiger partial charge in [0, 0.05) is 12.0 Å². The Kier molecular flexibility index (Phi) is 8.37. The van der Waals surface area contributed by atoms with Gasteiger partial charge in [-0.2, -0.15) is 0 Å². The number of ether oxygens (including phenoxy) is 2. The molecule has 2 aromatic carbocycles. The fraction of sp³-hybridized carbons (Fsp3) is 0.318. The van der Waals surface area contributed by atoms with Gasteiger partial charge in [-0.25, -0.2) is 0 Å². The van der Waals surface area contributed by atoms with Gasteiger partial charge >= 0.3 is 11.9 Å². The van der Waals surface area contributed by atoms with E-state index in [4.69, 9.17) is 9.47 Å². The number of carbonyl (C=O) groups excluding carboxylic acids is 3. The van der Waals surface area contributed by atoms with Gasteiger partial charge in [-0.15, -0.1) is 0 Å². The summed E-state index contributed by atoms with van der Waals surface area (Å²) in [5, 5.41) is 2.87. The highest BCUT2D eigenvalue weighted by molar-refractivity contribution is 5.99. The number of Topliss-reactive ketones (excluding diaryl/α,β-unsaturated/α-hetero) is 1. The summed E-state index contributed by atoms with van der Waals surface area (Å²) in [7, 11) is 0. The Balaban J connectivity index is 1.97. The molecule has 2 rings (SSSR count). The fourth-order valence-electron chi connectivity index (χ4n) is 2.60. The molecule has 0 heterocycles. The van der Waals surface area contributed by atoms with Crippen LogP contribution in [0.1, 0.15) is 36.2 Å². The molecule has 28 heavy (non-hydrogen) atoms. The van der Waals surface area contributed by atoms with Crippen molar-refractivity contribution in [2.75, 3.05) is 6.61 Å². The third-order valence-corrected chi connectivity index (χ3v) is 4.09. The van der Waals surface area contributed by atoms with Gasteiger partial charge in [0.2, 0.25) is 0 Å². The van der Waals surface area contributed by atoms with E-state index in [0.29, 0.717) is 5.56 Å². The van der Waals surface area contributed by atoms with Crippen LogP contribution in [-0.2, 0) is 25.7 Å². The molecular weight excluding hydrogens is 358 g/mol. The Morgan fingerprint density at radius 2 is 1.50 bits per heavy atom. The summed E-state index contributed by atoms with van der Waals surface area (Å²) in [6.45, 7) is 3.60. The standard InChI is InChI=1S/C22H25NO5/c1-3-27-22(26)19(14-20(24)18-12-8-5-9-13-18)23-16(2)21(25)28-15-17-10-6-4-7-11-17/h4-13,16,19,23H,3,14-15H2,1-2H3/t16-,19+/m1/s1. The van der Waals surface area contributed by atoms with Gasteiger partial charge in [0.1, 0.15) is 18.7 Å². The number of hydrogen-bond donors (Lipinski definition) is 1. The Bertz CT molecular complexity index is 776. The molecular formula is C22H25NO5. The lowest BCUT2D eigenvalue weighted by atomic mass is 10.0. The summed E-state index contributed by atoms with van der Waals surface area (Å²) >= 11 is 0. The predicted octanol–water partition coefficient (Wildman–Crippen LogP) is 2.91. The monoisotopic (exact) mass is 383 g/mol. The molecule has 0 saturated heterocycles. The van der Waals surface area contributed by atoms with E-state index in [2.05, 4.69) is 5.32 Å². The first-order valence-corrected chi connectivity index (χ1v) is 9.22. The molecule has 0 aromatic heterocycles. The number of carbonyl (C=O) groups is 3. The Morgan fingerprint density at radius 3 is 2.11 bits per heavy atom. The third kappa shape index (κ3) is 6.63. The first-order valence-electron chi connectivity index (χ1n) is 9.22. The van der Waals surface area contributed by atoms with E-state index in [1.54, 1.807) is 38.1 Å². The summed E-state index contributed by atoms with van der Waals surface area (Å²) in [6, 6.07) is 16.3. The fourth-order valence-corrected chi connectivity index (χ4v) is 2.60. The molecule has 0 bridgehead atoms. The highest BCUT2D eigenvalue weighted by Gasteiger charge is 2.28. The van der Waals surface area contributed by atoms with Crippen LogP contribution in [0, 0.1) is 0 Å². The average molecular weight is 383 g/mol. The molecule has 0 saturated carbocycles. The van der Waals surface area contributed by atoms with Crippen molar-refractivity contribution in [3.05, 3.63) is 71.8 Å². The minimum atomic E-state index is -0.938. The molecule has 6 nitrogen and oxygen atoms in total. The van der Waals surface area contributed by atoms with Gasteiger partial charge in [-0.3, -0.25) is 19.7 Å². The molecule has 0 fully saturated rings. The van der Waals surface area contributed by atoms with Crippen LogP contribution in [0.25, 0.3) is 0 Å². The summed E-state index contributed by atoms with van der Waals surface area (Å²) in [4.78, 5) is 37.0. The van der Waals surface area contributed by atoms with Crippen LogP contribution in [0.4, 0.5) is 0 Å². The van der Waals surface area contributed by atoms with Crippen LogP contribution >= 0.6 is 0 Å². The largest absolute Gasteiger partial charge is 0.465 e. The van der Waals surface area contributed by atoms with Gasteiger partial charge < -0.3 is 9.47 Å². The molecule has 148 valence electrons. The van der Waals surface area contributed by atoms with E-state index < -0.39 is 24.0 Å². The SMILES string of the molecule is CCOC(=O)[C@H](CC(=O)c1ccccc1)N[C@H](C)C(=O)OCc1ccccc1. The van der Waals surface area contributed by atoms with E-state index in [0.717, 1.165) is 5.56 Å². The highest BCUT2D eigenvalue weighted by atomic mass is 16.5. The van der Waals surface area contributed by atoms with Crippen molar-refractivity contribution in [2.24, 2.45) is 0 Å². The third-order valence-electron chi connectivity index (χ3n) is 4.09. The van der Waals surface area contributed by atoms with Gasteiger partial charge in [0.05, 0.1) is 6.61 Å². The van der Waals surface area contributed by atoms with Crippen molar-refractivity contribution in [3.63, 3.8) is 0 Å². The van der Waals surface area contributed by atoms with Crippen molar-refractivity contribution < 1.29 is 23.9 Å². The average Bonchev–Trinajstić information content (AvgIpc) is 2.72. The molecule has 6 heteroatoms. The summed E-state index contributed by atoms with van der Waals surface area (Å²) in [5.74, 6) is -1.30. The summed E-state index contributed by atoms with van der Waals surface area (Å²) in [5.41, 5.74) is 1.36. The van der Waals surface area contributed by atoms with Crippen molar-refractivity contribution >= 4 is 17.7 Å². The minimum absolute atomic E-state index is 0.112. The van der Waals surface area contributed by atoms with Gasteiger partial charge in [0.15, 0.2) is 5.78 Å². The molecule has 0 unspecified atom stereocenters. The van der Waals surface area contributed by atoms with Gasteiger partial charge in [-0.05, 0) is 19.4 Å². The molecule has 2 atom stereocenters.